The third-order valence-electron chi connectivity index (χ3n) is 5.41. The van der Waals surface area contributed by atoms with Gasteiger partial charge in [-0.2, -0.15) is 0 Å². The summed E-state index contributed by atoms with van der Waals surface area (Å²) in [5.41, 5.74) is 11.2. The van der Waals surface area contributed by atoms with E-state index >= 15 is 0 Å². The first-order chi connectivity index (χ1) is 15.4. The van der Waals surface area contributed by atoms with Gasteiger partial charge in [0.25, 0.3) is 0 Å². The van der Waals surface area contributed by atoms with Crippen LogP contribution < -0.4 is 11.1 Å². The van der Waals surface area contributed by atoms with E-state index in [1.54, 1.807) is 6.07 Å². The van der Waals surface area contributed by atoms with E-state index < -0.39 is 0 Å². The number of aryl methyl sites for hydroxylation is 1. The fraction of sp³-hybridized carbons (Fsp3) is 0.370. The van der Waals surface area contributed by atoms with Gasteiger partial charge in [-0.1, -0.05) is 75.6 Å². The van der Waals surface area contributed by atoms with Crippen LogP contribution in [0.5, 0.6) is 0 Å². The Morgan fingerprint density at radius 1 is 1.16 bits per heavy atom. The number of hydrogen-bond acceptors (Lipinski definition) is 2. The van der Waals surface area contributed by atoms with Crippen LogP contribution in [-0.4, -0.2) is 5.84 Å². The van der Waals surface area contributed by atoms with Gasteiger partial charge in [-0.3, -0.25) is 4.99 Å². The lowest BCUT2D eigenvalue weighted by atomic mass is 10.1. The number of rotatable bonds is 7. The Morgan fingerprint density at radius 3 is 2.47 bits per heavy atom. The highest BCUT2D eigenvalue weighted by Crippen LogP contribution is 2.25. The van der Waals surface area contributed by atoms with Crippen molar-refractivity contribution >= 4 is 23.1 Å². The molecule has 1 aliphatic rings. The Morgan fingerprint density at radius 2 is 1.88 bits per heavy atom. The predicted octanol–water partition coefficient (Wildman–Crippen LogP) is 7.54. The normalized spacial score (nSPS) is 13.6. The molecular formula is C27H35ClFN3. The monoisotopic (exact) mass is 455 g/mol. The van der Waals surface area contributed by atoms with Gasteiger partial charge in [0.1, 0.15) is 11.7 Å². The van der Waals surface area contributed by atoms with Crippen LogP contribution in [0, 0.1) is 12.7 Å². The average molecular weight is 456 g/mol. The van der Waals surface area contributed by atoms with E-state index in [1.807, 2.05) is 31.2 Å². The molecule has 0 saturated carbocycles. The number of benzene rings is 2. The summed E-state index contributed by atoms with van der Waals surface area (Å²) >= 11 is 6.25. The minimum absolute atomic E-state index is 0.298. The molecule has 0 spiro atoms. The molecule has 0 fully saturated rings. The molecule has 3 N–H and O–H groups in total. The Labute approximate surface area is 197 Å². The van der Waals surface area contributed by atoms with E-state index in [9.17, 15) is 4.39 Å². The van der Waals surface area contributed by atoms with Gasteiger partial charge in [0, 0.05) is 27.6 Å². The molecule has 3 rings (SSSR count). The van der Waals surface area contributed by atoms with Gasteiger partial charge < -0.3 is 11.1 Å². The van der Waals surface area contributed by atoms with E-state index in [0.29, 0.717) is 23.1 Å². The topological polar surface area (TPSA) is 50.4 Å². The second-order valence-corrected chi connectivity index (χ2v) is 8.44. The van der Waals surface area contributed by atoms with Gasteiger partial charge in [-0.15, -0.1) is 0 Å². The molecular weight excluding hydrogens is 421 g/mol. The predicted molar refractivity (Wildman–Crippen MR) is 136 cm³/mol. The summed E-state index contributed by atoms with van der Waals surface area (Å²) in [6.45, 7) is 10.9. The van der Waals surface area contributed by atoms with E-state index in [1.165, 1.54) is 31.4 Å². The number of unbranched alkanes of at least 4 members (excludes halogenated alkanes) is 2. The highest BCUT2D eigenvalue weighted by molar-refractivity contribution is 6.31. The molecule has 2 aromatic rings. The van der Waals surface area contributed by atoms with E-state index in [0.717, 1.165) is 47.2 Å². The summed E-state index contributed by atoms with van der Waals surface area (Å²) in [6, 6.07) is 12.3. The number of aliphatic imine (C=N–C) groups is 1. The van der Waals surface area contributed by atoms with Crippen LogP contribution in [0.2, 0.25) is 5.02 Å². The molecule has 2 aromatic carbocycles. The lowest BCUT2D eigenvalue weighted by molar-refractivity contribution is 0.626. The van der Waals surface area contributed by atoms with Gasteiger partial charge in [0.05, 0.1) is 6.54 Å². The van der Waals surface area contributed by atoms with E-state index in [2.05, 4.69) is 25.7 Å². The Kier molecular flexibility index (Phi) is 10.5. The van der Waals surface area contributed by atoms with Crippen molar-refractivity contribution in [2.75, 3.05) is 0 Å². The zero-order valence-electron chi connectivity index (χ0n) is 19.5. The number of amidine groups is 1. The fourth-order valence-electron chi connectivity index (χ4n) is 3.52. The average Bonchev–Trinajstić information content (AvgIpc) is 3.20. The Hall–Kier alpha value is -2.59. The van der Waals surface area contributed by atoms with Gasteiger partial charge in [0.2, 0.25) is 0 Å². The summed E-state index contributed by atoms with van der Waals surface area (Å²) in [6.07, 6.45) is 6.79. The third-order valence-corrected chi connectivity index (χ3v) is 5.78. The first kappa shape index (κ1) is 25.7. The number of nitrogens with zero attached hydrogens (tertiary/aromatic N) is 1. The molecule has 0 amide bonds. The molecule has 0 saturated heterocycles. The number of nitrogens with two attached hydrogens (primary N) is 1. The van der Waals surface area contributed by atoms with Gasteiger partial charge in [0.15, 0.2) is 0 Å². The van der Waals surface area contributed by atoms with Crippen LogP contribution in [0.3, 0.4) is 0 Å². The Bertz CT molecular complexity index is 977. The largest absolute Gasteiger partial charge is 0.402 e. The second-order valence-electron chi connectivity index (χ2n) is 8.03. The molecule has 3 nitrogen and oxygen atoms in total. The maximum absolute atomic E-state index is 13.7. The van der Waals surface area contributed by atoms with E-state index in [4.69, 9.17) is 22.3 Å². The number of hydrogen-bond donors (Lipinski definition) is 2. The minimum Gasteiger partial charge on any atom is -0.402 e. The lowest BCUT2D eigenvalue weighted by Crippen LogP contribution is -2.25. The first-order valence-corrected chi connectivity index (χ1v) is 11.7. The summed E-state index contributed by atoms with van der Waals surface area (Å²) in [7, 11) is 0. The van der Waals surface area contributed by atoms with Crippen LogP contribution in [0.15, 0.2) is 65.3 Å². The summed E-state index contributed by atoms with van der Waals surface area (Å²) in [5.74, 6) is 0.381. The van der Waals surface area contributed by atoms with Crippen LogP contribution in [0.25, 0.3) is 5.70 Å². The number of nitrogens with one attached hydrogen (secondary N) is 1. The molecule has 0 bridgehead atoms. The molecule has 0 unspecified atom stereocenters. The summed E-state index contributed by atoms with van der Waals surface area (Å²) in [5, 5.41) is 3.95. The van der Waals surface area contributed by atoms with Crippen LogP contribution in [0.4, 0.5) is 4.39 Å². The third kappa shape index (κ3) is 7.52. The number of allylic oxidation sites excluding steroid dienone is 1. The molecule has 0 aliphatic heterocycles. The molecule has 5 heteroatoms. The second kappa shape index (κ2) is 13.1. The molecule has 32 heavy (non-hydrogen) atoms. The smallest absolute Gasteiger partial charge is 0.130 e. The minimum atomic E-state index is -0.298. The van der Waals surface area contributed by atoms with Crippen molar-refractivity contribution in [3.05, 3.63) is 87.8 Å². The summed E-state index contributed by atoms with van der Waals surface area (Å²) in [4.78, 5) is 4.73. The van der Waals surface area contributed by atoms with Crippen molar-refractivity contribution in [3.63, 3.8) is 0 Å². The van der Waals surface area contributed by atoms with Gasteiger partial charge >= 0.3 is 0 Å². The fourth-order valence-corrected chi connectivity index (χ4v) is 3.72. The van der Waals surface area contributed by atoms with Crippen LogP contribution in [-0.2, 0) is 6.54 Å². The van der Waals surface area contributed by atoms with Crippen molar-refractivity contribution in [3.8, 4) is 0 Å². The standard InChI is InChI=1S/C22H23ClFN3.C5H12/c1-14-10-11-17(24)12-19(14)15(2)27-22(18-7-5-9-21(18)25)26-13-16-6-3-4-8-20(16)23;1-3-5-4-2/h3-4,6,8,10-12H,2,5,7,9,13,25H2,1H3,(H,26,27);3-5H2,1-2H3. The maximum Gasteiger partial charge on any atom is 0.130 e. The van der Waals surface area contributed by atoms with Crippen LogP contribution in [0.1, 0.15) is 69.1 Å². The van der Waals surface area contributed by atoms with Gasteiger partial charge in [-0.25, -0.2) is 4.39 Å². The highest BCUT2D eigenvalue weighted by atomic mass is 35.5. The van der Waals surface area contributed by atoms with Crippen LogP contribution >= 0.6 is 11.6 Å². The molecule has 1 aliphatic carbocycles. The van der Waals surface area contributed by atoms with Crippen molar-refractivity contribution in [2.24, 2.45) is 10.7 Å². The van der Waals surface area contributed by atoms with E-state index in [-0.39, 0.29) is 5.82 Å². The Balaban J connectivity index is 0.000000654. The lowest BCUT2D eigenvalue weighted by Gasteiger charge is -2.16. The van der Waals surface area contributed by atoms with Crippen molar-refractivity contribution in [1.82, 2.24) is 5.32 Å². The zero-order valence-corrected chi connectivity index (χ0v) is 20.2. The molecule has 0 aromatic heterocycles. The molecule has 0 radical (unpaired) electrons. The van der Waals surface area contributed by atoms with Crippen molar-refractivity contribution in [1.29, 1.82) is 0 Å². The molecule has 172 valence electrons. The molecule has 0 heterocycles. The van der Waals surface area contributed by atoms with Crippen molar-refractivity contribution < 1.29 is 4.39 Å². The SMILES string of the molecule is C=C(NC(=NCc1ccccc1Cl)C1=C(N)CCC1)c1cc(F)ccc1C.CCCCC. The number of halogens is 2. The summed E-state index contributed by atoms with van der Waals surface area (Å²) < 4.78 is 13.7. The first-order valence-electron chi connectivity index (χ1n) is 11.4. The quantitative estimate of drug-likeness (QED) is 0.334. The zero-order chi connectivity index (χ0) is 23.5. The highest BCUT2D eigenvalue weighted by Gasteiger charge is 2.19. The molecule has 0 atom stereocenters. The van der Waals surface area contributed by atoms with Crippen molar-refractivity contribution in [2.45, 2.75) is 65.8 Å². The van der Waals surface area contributed by atoms with Gasteiger partial charge in [-0.05, 0) is 55.5 Å². The maximum atomic E-state index is 13.7.